The van der Waals surface area contributed by atoms with E-state index >= 15 is 0 Å². The van der Waals surface area contributed by atoms with Crippen LogP contribution in [0, 0.1) is 6.92 Å². The number of fused-ring (bicyclic) bond motifs is 1. The molecule has 0 bridgehead atoms. The van der Waals surface area contributed by atoms with Crippen molar-refractivity contribution in [1.82, 2.24) is 3.97 Å². The van der Waals surface area contributed by atoms with Crippen LogP contribution >= 0.6 is 0 Å². The number of hydrogen-bond donors (Lipinski definition) is 1. The van der Waals surface area contributed by atoms with E-state index in [1.54, 1.807) is 13.8 Å². The summed E-state index contributed by atoms with van der Waals surface area (Å²) in [6.07, 6.45) is 1.56. The highest BCUT2D eigenvalue weighted by Gasteiger charge is 2.27. The van der Waals surface area contributed by atoms with Crippen molar-refractivity contribution >= 4 is 42.6 Å². The fourth-order valence-corrected chi connectivity index (χ4v) is 4.48. The SMILES string of the molecule is COc1cc2c(cc1NS(C)(=O)=O)c(C(=O)OC(C)C)c(C)n2S(C)(=O)=O. The molecule has 11 heteroatoms. The molecule has 0 unspecified atom stereocenters. The summed E-state index contributed by atoms with van der Waals surface area (Å²) in [6.45, 7) is 4.82. The van der Waals surface area contributed by atoms with Gasteiger partial charge in [-0.1, -0.05) is 0 Å². The van der Waals surface area contributed by atoms with Crippen molar-refractivity contribution in [3.8, 4) is 5.75 Å². The van der Waals surface area contributed by atoms with E-state index < -0.39 is 32.1 Å². The molecule has 1 aromatic carbocycles. The Bertz CT molecular complexity index is 1110. The normalized spacial score (nSPS) is 12.4. The second kappa shape index (κ2) is 7.04. The number of esters is 1. The van der Waals surface area contributed by atoms with Crippen LogP contribution in [-0.2, 0) is 24.8 Å². The maximum atomic E-state index is 12.6. The van der Waals surface area contributed by atoms with Crippen LogP contribution in [0.3, 0.4) is 0 Å². The topological polar surface area (TPSA) is 121 Å². The fraction of sp³-hybridized carbons (Fsp3) is 0.438. The first kappa shape index (κ1) is 21.0. The van der Waals surface area contributed by atoms with Crippen LogP contribution in [0.1, 0.15) is 29.9 Å². The van der Waals surface area contributed by atoms with Gasteiger partial charge in [-0.15, -0.1) is 0 Å². The Morgan fingerprint density at radius 1 is 1.15 bits per heavy atom. The third kappa shape index (κ3) is 4.35. The first-order valence-electron chi connectivity index (χ1n) is 7.88. The fourth-order valence-electron chi connectivity index (χ4n) is 2.82. The molecule has 0 aliphatic rings. The lowest BCUT2D eigenvalue weighted by Gasteiger charge is -2.11. The number of hydrogen-bond acceptors (Lipinski definition) is 7. The molecule has 0 aliphatic carbocycles. The summed E-state index contributed by atoms with van der Waals surface area (Å²) < 4.78 is 61.6. The van der Waals surface area contributed by atoms with Crippen molar-refractivity contribution in [3.63, 3.8) is 0 Å². The first-order valence-corrected chi connectivity index (χ1v) is 11.6. The van der Waals surface area contributed by atoms with Gasteiger partial charge < -0.3 is 9.47 Å². The molecule has 150 valence electrons. The predicted molar refractivity (Wildman–Crippen MR) is 102 cm³/mol. The van der Waals surface area contributed by atoms with Crippen LogP contribution in [-0.4, -0.2) is 52.5 Å². The molecule has 1 heterocycles. The van der Waals surface area contributed by atoms with Crippen LogP contribution in [0.15, 0.2) is 12.1 Å². The molecule has 27 heavy (non-hydrogen) atoms. The number of sulfonamides is 1. The smallest absolute Gasteiger partial charge is 0.340 e. The van der Waals surface area contributed by atoms with Crippen molar-refractivity contribution in [2.45, 2.75) is 26.9 Å². The summed E-state index contributed by atoms with van der Waals surface area (Å²) in [7, 11) is -6.07. The number of anilines is 1. The van der Waals surface area contributed by atoms with E-state index in [0.717, 1.165) is 16.5 Å². The lowest BCUT2D eigenvalue weighted by molar-refractivity contribution is 0.0379. The number of nitrogens with one attached hydrogen (secondary N) is 1. The monoisotopic (exact) mass is 418 g/mol. The summed E-state index contributed by atoms with van der Waals surface area (Å²) in [5, 5.41) is 0.232. The summed E-state index contributed by atoms with van der Waals surface area (Å²) in [4.78, 5) is 12.6. The van der Waals surface area contributed by atoms with Gasteiger partial charge in [0.2, 0.25) is 20.0 Å². The molecule has 2 rings (SSSR count). The van der Waals surface area contributed by atoms with Crippen molar-refractivity contribution in [3.05, 3.63) is 23.4 Å². The Hall–Kier alpha value is -2.27. The average molecular weight is 418 g/mol. The van der Waals surface area contributed by atoms with Gasteiger partial charge in [0, 0.05) is 17.1 Å². The molecule has 2 aromatic rings. The van der Waals surface area contributed by atoms with E-state index in [9.17, 15) is 21.6 Å². The lowest BCUT2D eigenvalue weighted by atomic mass is 10.1. The van der Waals surface area contributed by atoms with Gasteiger partial charge in [-0.2, -0.15) is 0 Å². The highest BCUT2D eigenvalue weighted by molar-refractivity contribution is 7.92. The number of carbonyl (C=O) groups is 1. The zero-order valence-corrected chi connectivity index (χ0v) is 17.5. The second-order valence-corrected chi connectivity index (χ2v) is 9.97. The summed E-state index contributed by atoms with van der Waals surface area (Å²) in [5.41, 5.74) is 0.471. The second-order valence-electron chi connectivity index (χ2n) is 6.39. The highest BCUT2D eigenvalue weighted by atomic mass is 32.2. The van der Waals surface area contributed by atoms with E-state index in [-0.39, 0.29) is 33.6 Å². The van der Waals surface area contributed by atoms with Crippen molar-refractivity contribution in [2.75, 3.05) is 24.3 Å². The molecule has 0 atom stereocenters. The number of carbonyl (C=O) groups excluding carboxylic acids is 1. The Labute approximate surface area is 158 Å². The largest absolute Gasteiger partial charge is 0.494 e. The Morgan fingerprint density at radius 3 is 2.19 bits per heavy atom. The average Bonchev–Trinajstić information content (AvgIpc) is 2.74. The Balaban J connectivity index is 2.94. The minimum absolute atomic E-state index is 0.0447. The van der Waals surface area contributed by atoms with E-state index in [1.807, 2.05) is 0 Å². The van der Waals surface area contributed by atoms with Gasteiger partial charge in [-0.3, -0.25) is 4.72 Å². The number of nitrogens with zero attached hydrogens (tertiary/aromatic N) is 1. The van der Waals surface area contributed by atoms with Crippen molar-refractivity contribution < 1.29 is 31.1 Å². The molecule has 0 saturated heterocycles. The first-order chi connectivity index (χ1) is 12.3. The third-order valence-corrected chi connectivity index (χ3v) is 5.37. The van der Waals surface area contributed by atoms with E-state index in [0.29, 0.717) is 0 Å². The van der Waals surface area contributed by atoms with Gasteiger partial charge in [0.15, 0.2) is 0 Å². The molecule has 0 amide bonds. The van der Waals surface area contributed by atoms with Crippen LogP contribution in [0.5, 0.6) is 5.75 Å². The summed E-state index contributed by atoms with van der Waals surface area (Å²) in [6, 6.07) is 2.73. The molecule has 0 saturated carbocycles. The van der Waals surface area contributed by atoms with Crippen molar-refractivity contribution in [1.29, 1.82) is 0 Å². The lowest BCUT2D eigenvalue weighted by Crippen LogP contribution is -2.15. The van der Waals surface area contributed by atoms with Crippen LogP contribution in [0.2, 0.25) is 0 Å². The minimum Gasteiger partial charge on any atom is -0.494 e. The van der Waals surface area contributed by atoms with Crippen LogP contribution < -0.4 is 9.46 Å². The quantitative estimate of drug-likeness (QED) is 0.709. The molecule has 1 N–H and O–H groups in total. The van der Waals surface area contributed by atoms with Gasteiger partial charge in [0.1, 0.15) is 5.75 Å². The molecule has 9 nitrogen and oxygen atoms in total. The van der Waals surface area contributed by atoms with E-state index in [2.05, 4.69) is 4.72 Å². The number of aromatic nitrogens is 1. The predicted octanol–water partition coefficient (Wildman–Crippen LogP) is 1.70. The zero-order valence-electron chi connectivity index (χ0n) is 15.9. The molecule has 0 radical (unpaired) electrons. The minimum atomic E-state index is -3.76. The maximum absolute atomic E-state index is 12.6. The third-order valence-electron chi connectivity index (χ3n) is 3.65. The van der Waals surface area contributed by atoms with Gasteiger partial charge >= 0.3 is 5.97 Å². The zero-order chi connectivity index (χ0) is 20.7. The highest BCUT2D eigenvalue weighted by Crippen LogP contribution is 2.36. The molecule has 0 fully saturated rings. The van der Waals surface area contributed by atoms with Crippen LogP contribution in [0.25, 0.3) is 10.9 Å². The summed E-state index contributed by atoms with van der Waals surface area (Å²) >= 11 is 0. The number of benzene rings is 1. The molecular weight excluding hydrogens is 396 g/mol. The van der Waals surface area contributed by atoms with Gasteiger partial charge in [0.25, 0.3) is 0 Å². The molecule has 0 aliphatic heterocycles. The van der Waals surface area contributed by atoms with Crippen molar-refractivity contribution in [2.24, 2.45) is 0 Å². The summed E-state index contributed by atoms with van der Waals surface area (Å²) in [5.74, 6) is -0.593. The number of methoxy groups -OCH3 is 1. The van der Waals surface area contributed by atoms with E-state index in [4.69, 9.17) is 9.47 Å². The standard InChI is InChI=1S/C16H22N2O7S2/c1-9(2)25-16(19)15-10(3)18(27(6,22)23)13-8-14(24-4)12(7-11(13)15)17-26(5,20)21/h7-9,17H,1-6H3. The Kier molecular flexibility index (Phi) is 5.48. The van der Waals surface area contributed by atoms with Gasteiger partial charge in [-0.25, -0.2) is 25.6 Å². The maximum Gasteiger partial charge on any atom is 0.340 e. The van der Waals surface area contributed by atoms with E-state index in [1.165, 1.54) is 26.2 Å². The molecule has 0 spiro atoms. The number of ether oxygens (including phenoxy) is 2. The van der Waals surface area contributed by atoms with Gasteiger partial charge in [0.05, 0.1) is 42.5 Å². The van der Waals surface area contributed by atoms with Crippen LogP contribution in [0.4, 0.5) is 5.69 Å². The number of rotatable bonds is 6. The molecular formula is C16H22N2O7S2. The Morgan fingerprint density at radius 2 is 1.74 bits per heavy atom. The van der Waals surface area contributed by atoms with Gasteiger partial charge in [-0.05, 0) is 26.8 Å². The molecule has 1 aromatic heterocycles.